The van der Waals surface area contributed by atoms with Gasteiger partial charge in [-0.2, -0.15) is 0 Å². The zero-order valence-corrected chi connectivity index (χ0v) is 21.7. The van der Waals surface area contributed by atoms with E-state index in [0.29, 0.717) is 11.1 Å². The van der Waals surface area contributed by atoms with Gasteiger partial charge in [-0.05, 0) is 30.5 Å². The first kappa shape index (κ1) is 28.8. The standard InChI is InChI=1S/C27H30N4O8/c1-15(2)22(31-27(37)38-14-17-9-5-4-6-10-17)25(36)28-16(3)24(35)29-19(13-21(32)33)23(34)26-30-18-11-7-8-12-20(18)39-26/h4-12,15-16,19,22H,13-14H2,1-3H3,(H,28,36)(H,29,35)(H,31,37)(H,32,33). The van der Waals surface area contributed by atoms with Gasteiger partial charge in [-0.3, -0.25) is 19.2 Å². The number of ether oxygens (including phenoxy) is 1. The van der Waals surface area contributed by atoms with Gasteiger partial charge >= 0.3 is 12.1 Å². The van der Waals surface area contributed by atoms with Gasteiger partial charge in [0.2, 0.25) is 17.6 Å². The minimum Gasteiger partial charge on any atom is -0.481 e. The van der Waals surface area contributed by atoms with Crippen LogP contribution in [0.5, 0.6) is 0 Å². The number of carboxylic acid groups (broad SMARTS) is 1. The second kappa shape index (κ2) is 13.2. The van der Waals surface area contributed by atoms with Gasteiger partial charge in [0, 0.05) is 0 Å². The number of carbonyl (C=O) groups excluding carboxylic acids is 4. The van der Waals surface area contributed by atoms with E-state index in [1.54, 1.807) is 62.4 Å². The number of alkyl carbamates (subject to hydrolysis) is 1. The lowest BCUT2D eigenvalue weighted by atomic mass is 10.0. The number of amides is 3. The molecule has 3 atom stereocenters. The van der Waals surface area contributed by atoms with E-state index < -0.39 is 54.2 Å². The van der Waals surface area contributed by atoms with Gasteiger partial charge in [0.05, 0.1) is 6.42 Å². The van der Waals surface area contributed by atoms with E-state index in [2.05, 4.69) is 20.9 Å². The number of hydrogen-bond donors (Lipinski definition) is 4. The Morgan fingerprint density at radius 3 is 2.21 bits per heavy atom. The van der Waals surface area contributed by atoms with Crippen molar-refractivity contribution < 1.29 is 38.2 Å². The third-order valence-electron chi connectivity index (χ3n) is 5.70. The predicted octanol–water partition coefficient (Wildman–Crippen LogP) is 2.43. The fraction of sp³-hybridized carbons (Fsp3) is 0.333. The monoisotopic (exact) mass is 538 g/mol. The summed E-state index contributed by atoms with van der Waals surface area (Å²) in [5.74, 6) is -4.34. The van der Waals surface area contributed by atoms with E-state index in [1.165, 1.54) is 6.92 Å². The van der Waals surface area contributed by atoms with Crippen molar-refractivity contribution in [2.24, 2.45) is 5.92 Å². The van der Waals surface area contributed by atoms with Crippen LogP contribution in [0, 0.1) is 5.92 Å². The van der Waals surface area contributed by atoms with E-state index in [1.807, 2.05) is 6.07 Å². The van der Waals surface area contributed by atoms with Crippen LogP contribution in [-0.4, -0.2) is 57.9 Å². The van der Waals surface area contributed by atoms with Crippen molar-refractivity contribution in [1.29, 1.82) is 0 Å². The number of fused-ring (bicyclic) bond motifs is 1. The van der Waals surface area contributed by atoms with Crippen molar-refractivity contribution >= 4 is 40.8 Å². The lowest BCUT2D eigenvalue weighted by Gasteiger charge is -2.24. The van der Waals surface area contributed by atoms with Crippen molar-refractivity contribution in [3.63, 3.8) is 0 Å². The normalized spacial score (nSPS) is 13.2. The van der Waals surface area contributed by atoms with Crippen LogP contribution in [-0.2, 0) is 25.7 Å². The predicted molar refractivity (Wildman–Crippen MR) is 139 cm³/mol. The molecule has 12 heteroatoms. The van der Waals surface area contributed by atoms with E-state index in [9.17, 15) is 29.1 Å². The number of nitrogens with one attached hydrogen (secondary N) is 3. The molecular formula is C27H30N4O8. The van der Waals surface area contributed by atoms with Gasteiger partial charge in [-0.25, -0.2) is 9.78 Å². The first-order chi connectivity index (χ1) is 18.5. The number of rotatable bonds is 12. The van der Waals surface area contributed by atoms with Crippen LogP contribution in [0.25, 0.3) is 11.1 Å². The molecule has 39 heavy (non-hydrogen) atoms. The Bertz CT molecular complexity index is 1300. The Kier molecular flexibility index (Phi) is 9.74. The third-order valence-corrected chi connectivity index (χ3v) is 5.70. The van der Waals surface area contributed by atoms with Gasteiger partial charge in [-0.1, -0.05) is 56.3 Å². The highest BCUT2D eigenvalue weighted by molar-refractivity contribution is 6.02. The molecule has 4 N–H and O–H groups in total. The smallest absolute Gasteiger partial charge is 0.408 e. The van der Waals surface area contributed by atoms with E-state index in [0.717, 1.165) is 5.56 Å². The van der Waals surface area contributed by atoms with Gasteiger partial charge in [0.25, 0.3) is 5.89 Å². The molecule has 206 valence electrons. The van der Waals surface area contributed by atoms with Crippen LogP contribution in [0.15, 0.2) is 59.0 Å². The van der Waals surface area contributed by atoms with Gasteiger partial charge in [0.1, 0.15) is 30.2 Å². The summed E-state index contributed by atoms with van der Waals surface area (Å²) in [5.41, 5.74) is 1.50. The average molecular weight is 539 g/mol. The molecule has 3 amide bonds. The molecule has 0 bridgehead atoms. The lowest BCUT2D eigenvalue weighted by Crippen LogP contribution is -2.56. The summed E-state index contributed by atoms with van der Waals surface area (Å²) in [6.07, 6.45) is -1.54. The number of nitrogens with zero attached hydrogens (tertiary/aromatic N) is 1. The molecule has 0 radical (unpaired) electrons. The van der Waals surface area contributed by atoms with Crippen LogP contribution in [0.2, 0.25) is 0 Å². The highest BCUT2D eigenvalue weighted by Crippen LogP contribution is 2.17. The number of aromatic nitrogens is 1. The largest absolute Gasteiger partial charge is 0.481 e. The number of para-hydroxylation sites is 2. The molecule has 3 aromatic rings. The zero-order valence-electron chi connectivity index (χ0n) is 21.7. The summed E-state index contributed by atoms with van der Waals surface area (Å²) in [4.78, 5) is 66.4. The fourth-order valence-electron chi connectivity index (χ4n) is 3.60. The Balaban J connectivity index is 1.61. The maximum absolute atomic E-state index is 12.9. The first-order valence-corrected chi connectivity index (χ1v) is 12.2. The third kappa shape index (κ3) is 8.12. The highest BCUT2D eigenvalue weighted by atomic mass is 16.5. The van der Waals surface area contributed by atoms with Crippen molar-refractivity contribution in [2.75, 3.05) is 0 Å². The number of ketones is 1. The molecule has 1 aromatic heterocycles. The van der Waals surface area contributed by atoms with Gasteiger partial charge in [0.15, 0.2) is 5.58 Å². The van der Waals surface area contributed by atoms with Crippen LogP contribution in [0.4, 0.5) is 4.79 Å². The van der Waals surface area contributed by atoms with Gasteiger partial charge in [-0.15, -0.1) is 0 Å². The molecule has 0 spiro atoms. The number of benzene rings is 2. The molecule has 0 saturated carbocycles. The number of Topliss-reactive ketones (excluding diaryl/α,β-unsaturated/α-hetero) is 1. The molecule has 12 nitrogen and oxygen atoms in total. The molecule has 0 aliphatic heterocycles. The summed E-state index contributed by atoms with van der Waals surface area (Å²) >= 11 is 0. The topological polar surface area (TPSA) is 177 Å². The molecule has 2 aromatic carbocycles. The summed E-state index contributed by atoms with van der Waals surface area (Å²) in [6, 6.07) is 11.9. The highest BCUT2D eigenvalue weighted by Gasteiger charge is 2.32. The number of aliphatic carboxylic acids is 1. The van der Waals surface area contributed by atoms with E-state index in [4.69, 9.17) is 9.15 Å². The van der Waals surface area contributed by atoms with Crippen molar-refractivity contribution in [3.05, 3.63) is 66.1 Å². The Morgan fingerprint density at radius 1 is 0.897 bits per heavy atom. The SMILES string of the molecule is CC(NC(=O)C(NC(=O)OCc1ccccc1)C(C)C)C(=O)NC(CC(=O)O)C(=O)c1nc2ccccc2o1. The Morgan fingerprint density at radius 2 is 1.56 bits per heavy atom. The average Bonchev–Trinajstić information content (AvgIpc) is 3.34. The molecule has 3 rings (SSSR count). The van der Waals surface area contributed by atoms with Crippen LogP contribution >= 0.6 is 0 Å². The number of carboxylic acids is 1. The lowest BCUT2D eigenvalue weighted by molar-refractivity contribution is -0.137. The maximum atomic E-state index is 12.9. The van der Waals surface area contributed by atoms with Crippen molar-refractivity contribution in [3.8, 4) is 0 Å². The molecule has 3 unspecified atom stereocenters. The van der Waals surface area contributed by atoms with Crippen LogP contribution in [0.1, 0.15) is 43.4 Å². The Labute approximate surface area is 224 Å². The summed E-state index contributed by atoms with van der Waals surface area (Å²) in [5, 5.41) is 16.6. The molecule has 0 fully saturated rings. The molecule has 0 aliphatic carbocycles. The molecular weight excluding hydrogens is 508 g/mol. The summed E-state index contributed by atoms with van der Waals surface area (Å²) < 4.78 is 10.6. The molecule has 1 heterocycles. The second-order valence-electron chi connectivity index (χ2n) is 9.17. The van der Waals surface area contributed by atoms with Crippen LogP contribution < -0.4 is 16.0 Å². The number of carbonyl (C=O) groups is 5. The minimum atomic E-state index is -1.49. The summed E-state index contributed by atoms with van der Waals surface area (Å²) in [7, 11) is 0. The van der Waals surface area contributed by atoms with Gasteiger partial charge < -0.3 is 30.2 Å². The summed E-state index contributed by atoms with van der Waals surface area (Å²) in [6.45, 7) is 4.78. The quantitative estimate of drug-likeness (QED) is 0.252. The fourth-order valence-corrected chi connectivity index (χ4v) is 3.60. The van der Waals surface area contributed by atoms with Crippen LogP contribution in [0.3, 0.4) is 0 Å². The van der Waals surface area contributed by atoms with E-state index >= 15 is 0 Å². The minimum absolute atomic E-state index is 0.0109. The Hall–Kier alpha value is -4.74. The second-order valence-corrected chi connectivity index (χ2v) is 9.17. The van der Waals surface area contributed by atoms with E-state index in [-0.39, 0.29) is 18.4 Å². The zero-order chi connectivity index (χ0) is 28.5. The number of oxazole rings is 1. The first-order valence-electron chi connectivity index (χ1n) is 12.2. The molecule has 0 aliphatic rings. The van der Waals surface area contributed by atoms with Crippen molar-refractivity contribution in [2.45, 2.75) is 51.9 Å². The number of hydrogen-bond acceptors (Lipinski definition) is 8. The van der Waals surface area contributed by atoms with Crippen molar-refractivity contribution in [1.82, 2.24) is 20.9 Å². The molecule has 0 saturated heterocycles. The maximum Gasteiger partial charge on any atom is 0.408 e.